The standard InChI is InChI=1S/C23H37N5O2/c1-4-24-22(27-17-23(13-7-8-14-23)21(29)28(2)3)26-16-18-11-12-20(25-15-18)30-19-9-5-6-10-19/h11-12,15,19H,4-10,13-14,16-17H2,1-3H3,(H2,24,26,27). The second-order valence-electron chi connectivity index (χ2n) is 8.76. The summed E-state index contributed by atoms with van der Waals surface area (Å²) < 4.78 is 5.94. The highest BCUT2D eigenvalue weighted by Crippen LogP contribution is 2.38. The van der Waals surface area contributed by atoms with Crippen LogP contribution in [0.15, 0.2) is 23.3 Å². The van der Waals surface area contributed by atoms with Gasteiger partial charge in [-0.3, -0.25) is 4.79 Å². The molecular formula is C23H37N5O2. The molecule has 0 aliphatic heterocycles. The van der Waals surface area contributed by atoms with E-state index in [-0.39, 0.29) is 11.3 Å². The third kappa shape index (κ3) is 5.86. The summed E-state index contributed by atoms with van der Waals surface area (Å²) in [7, 11) is 3.68. The molecule has 2 N–H and O–H groups in total. The summed E-state index contributed by atoms with van der Waals surface area (Å²) in [4.78, 5) is 23.6. The van der Waals surface area contributed by atoms with Gasteiger partial charge in [0.1, 0.15) is 6.10 Å². The number of carbonyl (C=O) groups is 1. The van der Waals surface area contributed by atoms with E-state index in [1.807, 2.05) is 39.3 Å². The molecule has 0 atom stereocenters. The van der Waals surface area contributed by atoms with Gasteiger partial charge in [0.15, 0.2) is 5.96 Å². The lowest BCUT2D eigenvalue weighted by Crippen LogP contribution is -2.49. The number of carbonyl (C=O) groups excluding carboxylic acids is 1. The average Bonchev–Trinajstić information content (AvgIpc) is 3.43. The third-order valence-electron chi connectivity index (χ3n) is 6.17. The Kier molecular flexibility index (Phi) is 7.94. The van der Waals surface area contributed by atoms with Crippen LogP contribution in [0.4, 0.5) is 0 Å². The minimum atomic E-state index is -0.319. The van der Waals surface area contributed by atoms with Gasteiger partial charge in [0.05, 0.1) is 12.0 Å². The van der Waals surface area contributed by atoms with E-state index in [1.165, 1.54) is 12.8 Å². The normalized spacial score (nSPS) is 19.0. The molecule has 7 nitrogen and oxygen atoms in total. The molecule has 1 aromatic rings. The molecule has 0 aromatic carbocycles. The first kappa shape index (κ1) is 22.4. The van der Waals surface area contributed by atoms with Crippen LogP contribution >= 0.6 is 0 Å². The van der Waals surface area contributed by atoms with Crippen molar-refractivity contribution in [1.29, 1.82) is 0 Å². The Morgan fingerprint density at radius 1 is 1.20 bits per heavy atom. The Hall–Kier alpha value is -2.31. The van der Waals surface area contributed by atoms with E-state index < -0.39 is 0 Å². The van der Waals surface area contributed by atoms with Gasteiger partial charge in [-0.2, -0.15) is 0 Å². The van der Waals surface area contributed by atoms with Gasteiger partial charge < -0.3 is 20.3 Å². The molecule has 1 heterocycles. The van der Waals surface area contributed by atoms with Crippen LogP contribution in [0.3, 0.4) is 0 Å². The molecule has 0 unspecified atom stereocenters. The molecule has 1 amide bonds. The molecule has 0 spiro atoms. The summed E-state index contributed by atoms with van der Waals surface area (Å²) in [6.07, 6.45) is 11.0. The number of amides is 1. The topological polar surface area (TPSA) is 78.9 Å². The van der Waals surface area contributed by atoms with E-state index in [0.29, 0.717) is 25.1 Å². The fourth-order valence-corrected chi connectivity index (χ4v) is 4.51. The zero-order chi connectivity index (χ0) is 21.4. The lowest BCUT2D eigenvalue weighted by Gasteiger charge is -2.31. The molecule has 30 heavy (non-hydrogen) atoms. The van der Waals surface area contributed by atoms with Crippen molar-refractivity contribution in [1.82, 2.24) is 20.5 Å². The van der Waals surface area contributed by atoms with Crippen LogP contribution in [0.25, 0.3) is 0 Å². The Bertz CT molecular complexity index is 705. The van der Waals surface area contributed by atoms with Gasteiger partial charge in [0.2, 0.25) is 11.8 Å². The summed E-state index contributed by atoms with van der Waals surface area (Å²) in [5, 5.41) is 6.71. The summed E-state index contributed by atoms with van der Waals surface area (Å²) in [6.45, 7) is 3.96. The molecular weight excluding hydrogens is 378 g/mol. The predicted molar refractivity (Wildman–Crippen MR) is 120 cm³/mol. The smallest absolute Gasteiger partial charge is 0.230 e. The first-order valence-corrected chi connectivity index (χ1v) is 11.4. The highest BCUT2D eigenvalue weighted by atomic mass is 16.5. The molecule has 2 saturated carbocycles. The van der Waals surface area contributed by atoms with Crippen molar-refractivity contribution < 1.29 is 9.53 Å². The fourth-order valence-electron chi connectivity index (χ4n) is 4.51. The zero-order valence-corrected chi connectivity index (χ0v) is 18.7. The van der Waals surface area contributed by atoms with Gasteiger partial charge in [0.25, 0.3) is 0 Å². The van der Waals surface area contributed by atoms with Gasteiger partial charge in [0, 0.05) is 39.4 Å². The van der Waals surface area contributed by atoms with Crippen molar-refractivity contribution in [3.05, 3.63) is 23.9 Å². The van der Waals surface area contributed by atoms with Crippen molar-refractivity contribution in [3.63, 3.8) is 0 Å². The van der Waals surface area contributed by atoms with Crippen LogP contribution in [0.1, 0.15) is 63.9 Å². The first-order valence-electron chi connectivity index (χ1n) is 11.4. The second kappa shape index (κ2) is 10.6. The molecule has 1 aromatic heterocycles. The SMILES string of the molecule is CCNC(=NCc1ccc(OC2CCCC2)nc1)NCC1(C(=O)N(C)C)CCCC1. The first-order chi connectivity index (χ1) is 14.5. The van der Waals surface area contributed by atoms with E-state index in [0.717, 1.165) is 56.6 Å². The second-order valence-corrected chi connectivity index (χ2v) is 8.76. The Morgan fingerprint density at radius 3 is 2.53 bits per heavy atom. The fraction of sp³-hybridized carbons (Fsp3) is 0.696. The number of ether oxygens (including phenoxy) is 1. The molecule has 7 heteroatoms. The molecule has 0 radical (unpaired) electrons. The minimum absolute atomic E-state index is 0.213. The van der Waals surface area contributed by atoms with Crippen LogP contribution in [0.2, 0.25) is 0 Å². The molecule has 0 bridgehead atoms. The maximum absolute atomic E-state index is 12.8. The van der Waals surface area contributed by atoms with Crippen molar-refractivity contribution in [2.75, 3.05) is 27.2 Å². The number of rotatable bonds is 8. The summed E-state index contributed by atoms with van der Waals surface area (Å²) in [5.74, 6) is 1.65. The van der Waals surface area contributed by atoms with Gasteiger partial charge in [-0.05, 0) is 51.0 Å². The van der Waals surface area contributed by atoms with Crippen molar-refractivity contribution in [2.24, 2.45) is 10.4 Å². The molecule has 3 rings (SSSR count). The molecule has 2 aliphatic rings. The number of pyridine rings is 1. The maximum atomic E-state index is 12.8. The van der Waals surface area contributed by atoms with Crippen molar-refractivity contribution >= 4 is 11.9 Å². The van der Waals surface area contributed by atoms with E-state index in [1.54, 1.807) is 4.90 Å². The average molecular weight is 416 g/mol. The van der Waals surface area contributed by atoms with Crippen LogP contribution in [-0.2, 0) is 11.3 Å². The summed E-state index contributed by atoms with van der Waals surface area (Å²) in [5.41, 5.74) is 0.714. The lowest BCUT2D eigenvalue weighted by molar-refractivity contribution is -0.138. The number of guanidine groups is 1. The van der Waals surface area contributed by atoms with Crippen LogP contribution < -0.4 is 15.4 Å². The highest BCUT2D eigenvalue weighted by molar-refractivity contribution is 5.85. The number of nitrogens with zero attached hydrogens (tertiary/aromatic N) is 3. The highest BCUT2D eigenvalue weighted by Gasteiger charge is 2.42. The monoisotopic (exact) mass is 415 g/mol. The van der Waals surface area contributed by atoms with E-state index in [9.17, 15) is 4.79 Å². The predicted octanol–water partition coefficient (Wildman–Crippen LogP) is 3.11. The van der Waals surface area contributed by atoms with Gasteiger partial charge in [-0.25, -0.2) is 9.98 Å². The number of aliphatic imine (C=N–C) groups is 1. The Morgan fingerprint density at radius 2 is 1.93 bits per heavy atom. The van der Waals surface area contributed by atoms with Gasteiger partial charge in [-0.15, -0.1) is 0 Å². The minimum Gasteiger partial charge on any atom is -0.474 e. The molecule has 166 valence electrons. The van der Waals surface area contributed by atoms with E-state index >= 15 is 0 Å². The van der Waals surface area contributed by atoms with Crippen LogP contribution in [0.5, 0.6) is 5.88 Å². The number of hydrogen-bond acceptors (Lipinski definition) is 4. The summed E-state index contributed by atoms with van der Waals surface area (Å²) >= 11 is 0. The van der Waals surface area contributed by atoms with E-state index in [4.69, 9.17) is 9.73 Å². The molecule has 2 aliphatic carbocycles. The lowest BCUT2D eigenvalue weighted by atomic mass is 9.84. The Balaban J connectivity index is 1.57. The maximum Gasteiger partial charge on any atom is 0.230 e. The third-order valence-corrected chi connectivity index (χ3v) is 6.17. The largest absolute Gasteiger partial charge is 0.474 e. The molecule has 2 fully saturated rings. The van der Waals surface area contributed by atoms with Crippen LogP contribution in [-0.4, -0.2) is 55.0 Å². The zero-order valence-electron chi connectivity index (χ0n) is 18.7. The number of nitrogens with one attached hydrogen (secondary N) is 2. The van der Waals surface area contributed by atoms with Crippen molar-refractivity contribution in [3.8, 4) is 5.88 Å². The van der Waals surface area contributed by atoms with Gasteiger partial charge >= 0.3 is 0 Å². The summed E-state index contributed by atoms with van der Waals surface area (Å²) in [6, 6.07) is 3.96. The van der Waals surface area contributed by atoms with E-state index in [2.05, 4.69) is 15.6 Å². The van der Waals surface area contributed by atoms with Crippen molar-refractivity contribution in [2.45, 2.75) is 70.9 Å². The number of hydrogen-bond donors (Lipinski definition) is 2. The quantitative estimate of drug-likeness (QED) is 0.504. The van der Waals surface area contributed by atoms with Gasteiger partial charge in [-0.1, -0.05) is 18.9 Å². The number of aromatic nitrogens is 1. The van der Waals surface area contributed by atoms with Crippen LogP contribution in [0, 0.1) is 5.41 Å². The molecule has 0 saturated heterocycles. The Labute approximate surface area is 180 Å².